The standard InChI is InChI=1S/C25H42BN3O4/c1-15(28-22(30)17-9-7-16(14-27)8-10-17)23(31)29-11-5-6-21(29)26-32-20-13-18-12-19(24(18,2)3)25(20,4)33-26/h15-21H,5-14,27H2,1-4H3,(H,28,30)/t15-,16-,17-,18+,19+,20?,21+,25+/m1/s1. The summed E-state index contributed by atoms with van der Waals surface area (Å²) in [5.74, 6) is 1.67. The molecule has 2 amide bonds. The molecule has 6 rings (SSSR count). The number of hydrogen-bond acceptors (Lipinski definition) is 5. The lowest BCUT2D eigenvalue weighted by molar-refractivity contribution is -0.199. The van der Waals surface area contributed by atoms with E-state index in [-0.39, 0.29) is 42.5 Å². The third-order valence-corrected chi connectivity index (χ3v) is 10.1. The number of nitrogens with zero attached hydrogens (tertiary/aromatic N) is 1. The first-order chi connectivity index (χ1) is 15.6. The van der Waals surface area contributed by atoms with Crippen LogP contribution in [0, 0.1) is 29.1 Å². The fourth-order valence-corrected chi connectivity index (χ4v) is 7.71. The van der Waals surface area contributed by atoms with Crippen LogP contribution in [0.1, 0.15) is 79.1 Å². The molecule has 2 heterocycles. The van der Waals surface area contributed by atoms with Crippen molar-refractivity contribution in [3.63, 3.8) is 0 Å². The number of nitrogens with two attached hydrogens (primary N) is 1. The van der Waals surface area contributed by atoms with Crippen molar-refractivity contribution < 1.29 is 18.9 Å². The van der Waals surface area contributed by atoms with E-state index in [1.165, 1.54) is 6.42 Å². The molecule has 6 atom stereocenters. The highest BCUT2D eigenvalue weighted by Gasteiger charge is 2.69. The van der Waals surface area contributed by atoms with Crippen LogP contribution in [0.2, 0.25) is 0 Å². The maximum atomic E-state index is 13.4. The summed E-state index contributed by atoms with van der Waals surface area (Å²) in [5, 5.41) is 3.01. The molecule has 4 aliphatic carbocycles. The smallest absolute Gasteiger partial charge is 0.404 e. The Morgan fingerprint density at radius 2 is 1.88 bits per heavy atom. The van der Waals surface area contributed by atoms with Gasteiger partial charge in [-0.1, -0.05) is 13.8 Å². The monoisotopic (exact) mass is 459 g/mol. The number of rotatable bonds is 5. The predicted octanol–water partition coefficient (Wildman–Crippen LogP) is 2.51. The second kappa shape index (κ2) is 8.52. The molecule has 1 unspecified atom stereocenters. The molecule has 0 radical (unpaired) electrons. The first kappa shape index (κ1) is 23.6. The average molecular weight is 459 g/mol. The summed E-state index contributed by atoms with van der Waals surface area (Å²) in [5.41, 5.74) is 5.82. The SMILES string of the molecule is C[C@@H](NC(=O)[C@H]1CC[C@H](CN)CC1)C(=O)N1CCC[C@H]1B1OC2C[C@@H]3C[C@@H](C3(C)C)[C@]2(C)O1. The molecule has 33 heavy (non-hydrogen) atoms. The van der Waals surface area contributed by atoms with Crippen molar-refractivity contribution in [2.24, 2.45) is 34.8 Å². The molecule has 0 spiro atoms. The maximum Gasteiger partial charge on any atom is 0.481 e. The van der Waals surface area contributed by atoms with E-state index in [9.17, 15) is 9.59 Å². The molecular weight excluding hydrogens is 417 g/mol. The van der Waals surface area contributed by atoms with Crippen LogP contribution >= 0.6 is 0 Å². The van der Waals surface area contributed by atoms with Crippen molar-refractivity contribution in [2.75, 3.05) is 13.1 Å². The van der Waals surface area contributed by atoms with Crippen LogP contribution in [0.25, 0.3) is 0 Å². The molecule has 2 aliphatic heterocycles. The largest absolute Gasteiger partial charge is 0.481 e. The summed E-state index contributed by atoms with van der Waals surface area (Å²) < 4.78 is 13.2. The first-order valence-electron chi connectivity index (χ1n) is 13.3. The minimum absolute atomic E-state index is 0.00293. The number of hydrogen-bond donors (Lipinski definition) is 2. The van der Waals surface area contributed by atoms with Gasteiger partial charge in [0.1, 0.15) is 6.04 Å². The van der Waals surface area contributed by atoms with Gasteiger partial charge in [-0.3, -0.25) is 9.59 Å². The molecule has 0 aromatic carbocycles. The van der Waals surface area contributed by atoms with Crippen LogP contribution in [0.5, 0.6) is 0 Å². The Labute approximate surface area is 199 Å². The third kappa shape index (κ3) is 3.84. The molecular formula is C25H42BN3O4. The lowest BCUT2D eigenvalue weighted by Crippen LogP contribution is -2.65. The zero-order valence-electron chi connectivity index (χ0n) is 20.8. The molecule has 2 saturated heterocycles. The summed E-state index contributed by atoms with van der Waals surface area (Å²) >= 11 is 0. The lowest BCUT2D eigenvalue weighted by Gasteiger charge is -2.64. The highest BCUT2D eigenvalue weighted by atomic mass is 16.7. The predicted molar refractivity (Wildman–Crippen MR) is 127 cm³/mol. The Morgan fingerprint density at radius 1 is 1.15 bits per heavy atom. The summed E-state index contributed by atoms with van der Waals surface area (Å²) in [7, 11) is -0.365. The highest BCUT2D eigenvalue weighted by molar-refractivity contribution is 6.48. The van der Waals surface area contributed by atoms with Gasteiger partial charge < -0.3 is 25.3 Å². The van der Waals surface area contributed by atoms with E-state index < -0.39 is 6.04 Å². The molecule has 6 fully saturated rings. The molecule has 0 aromatic heterocycles. The van der Waals surface area contributed by atoms with E-state index in [0.717, 1.165) is 44.9 Å². The second-order valence-corrected chi connectivity index (χ2v) is 12.3. The van der Waals surface area contributed by atoms with Gasteiger partial charge >= 0.3 is 7.12 Å². The van der Waals surface area contributed by atoms with Crippen molar-refractivity contribution in [2.45, 2.75) is 103 Å². The average Bonchev–Trinajstić information content (AvgIpc) is 3.42. The molecule has 8 heteroatoms. The van der Waals surface area contributed by atoms with Crippen LogP contribution in [0.4, 0.5) is 0 Å². The van der Waals surface area contributed by atoms with Crippen LogP contribution < -0.4 is 11.1 Å². The molecule has 4 saturated carbocycles. The van der Waals surface area contributed by atoms with Gasteiger partial charge in [-0.25, -0.2) is 0 Å². The van der Waals surface area contributed by atoms with Gasteiger partial charge in [0.2, 0.25) is 11.8 Å². The maximum absolute atomic E-state index is 13.4. The van der Waals surface area contributed by atoms with Crippen molar-refractivity contribution in [3.05, 3.63) is 0 Å². The Hall–Kier alpha value is -1.12. The van der Waals surface area contributed by atoms with Crippen molar-refractivity contribution in [3.8, 4) is 0 Å². The number of carbonyl (C=O) groups excluding carboxylic acids is 2. The Morgan fingerprint density at radius 3 is 2.55 bits per heavy atom. The summed E-state index contributed by atoms with van der Waals surface area (Å²) in [6, 6.07) is -0.531. The van der Waals surface area contributed by atoms with Gasteiger partial charge in [0.05, 0.1) is 17.6 Å². The third-order valence-electron chi connectivity index (χ3n) is 10.1. The highest BCUT2D eigenvalue weighted by Crippen LogP contribution is 2.65. The van der Waals surface area contributed by atoms with Gasteiger partial charge in [-0.05, 0) is 94.9 Å². The lowest BCUT2D eigenvalue weighted by atomic mass is 9.43. The van der Waals surface area contributed by atoms with Gasteiger partial charge in [-0.15, -0.1) is 0 Å². The molecule has 0 aromatic rings. The summed E-state index contributed by atoms with van der Waals surface area (Å²) in [4.78, 5) is 28.1. The Bertz CT molecular complexity index is 786. The molecule has 6 aliphatic rings. The van der Waals surface area contributed by atoms with Gasteiger partial charge in [0.15, 0.2) is 0 Å². The molecule has 7 nitrogen and oxygen atoms in total. The van der Waals surface area contributed by atoms with E-state index >= 15 is 0 Å². The number of carbonyl (C=O) groups is 2. The fourth-order valence-electron chi connectivity index (χ4n) is 7.71. The summed E-state index contributed by atoms with van der Waals surface area (Å²) in [6.45, 7) is 10.2. The van der Waals surface area contributed by atoms with E-state index in [0.29, 0.717) is 36.3 Å². The van der Waals surface area contributed by atoms with Crippen LogP contribution in [-0.2, 0) is 18.9 Å². The molecule has 2 bridgehead atoms. The van der Waals surface area contributed by atoms with Gasteiger partial charge in [0.25, 0.3) is 0 Å². The summed E-state index contributed by atoms with van der Waals surface area (Å²) in [6.07, 6.45) is 7.96. The first-order valence-corrected chi connectivity index (χ1v) is 13.3. The topological polar surface area (TPSA) is 93.9 Å². The molecule has 184 valence electrons. The van der Waals surface area contributed by atoms with Gasteiger partial charge in [0, 0.05) is 12.5 Å². The zero-order valence-corrected chi connectivity index (χ0v) is 20.8. The van der Waals surface area contributed by atoms with Crippen LogP contribution in [0.3, 0.4) is 0 Å². The Balaban J connectivity index is 1.19. The van der Waals surface area contributed by atoms with Crippen molar-refractivity contribution in [1.29, 1.82) is 0 Å². The minimum Gasteiger partial charge on any atom is -0.404 e. The quantitative estimate of drug-likeness (QED) is 0.617. The van der Waals surface area contributed by atoms with E-state index in [2.05, 4.69) is 26.1 Å². The van der Waals surface area contributed by atoms with Crippen LogP contribution in [-0.4, -0.2) is 60.6 Å². The second-order valence-electron chi connectivity index (χ2n) is 12.3. The van der Waals surface area contributed by atoms with Gasteiger partial charge in [-0.2, -0.15) is 0 Å². The van der Waals surface area contributed by atoms with Crippen molar-refractivity contribution >= 4 is 18.9 Å². The minimum atomic E-state index is -0.531. The number of amides is 2. The molecule has 3 N–H and O–H groups in total. The number of nitrogens with one attached hydrogen (secondary N) is 1. The zero-order chi connectivity index (χ0) is 23.5. The Kier molecular flexibility index (Phi) is 6.10. The fraction of sp³-hybridized carbons (Fsp3) is 0.920. The van der Waals surface area contributed by atoms with E-state index in [1.54, 1.807) is 0 Å². The number of likely N-dealkylation sites (tertiary alicyclic amines) is 1. The normalized spacial score (nSPS) is 42.5. The van der Waals surface area contributed by atoms with Crippen LogP contribution in [0.15, 0.2) is 0 Å². The van der Waals surface area contributed by atoms with E-state index in [4.69, 9.17) is 15.0 Å². The van der Waals surface area contributed by atoms with Crippen molar-refractivity contribution in [1.82, 2.24) is 10.2 Å². The van der Waals surface area contributed by atoms with E-state index in [1.807, 2.05) is 11.8 Å².